The molecular formula is C22H25N7. The van der Waals surface area contributed by atoms with Gasteiger partial charge in [0.2, 0.25) is 0 Å². The molecule has 0 amide bonds. The minimum atomic E-state index is 0.523. The van der Waals surface area contributed by atoms with E-state index in [1.165, 1.54) is 25.7 Å². The highest BCUT2D eigenvalue weighted by Gasteiger charge is 2.18. The summed E-state index contributed by atoms with van der Waals surface area (Å²) >= 11 is 0. The van der Waals surface area contributed by atoms with Crippen molar-refractivity contribution in [3.05, 3.63) is 48.7 Å². The van der Waals surface area contributed by atoms with Crippen LogP contribution >= 0.6 is 0 Å². The molecule has 0 atom stereocenters. The Balaban J connectivity index is 1.49. The maximum absolute atomic E-state index is 4.80. The van der Waals surface area contributed by atoms with Gasteiger partial charge in [-0.15, -0.1) is 0 Å². The normalized spacial score (nSPS) is 14.6. The minimum absolute atomic E-state index is 0.523. The summed E-state index contributed by atoms with van der Waals surface area (Å²) in [5, 5.41) is 17.3. The molecule has 1 aliphatic rings. The lowest BCUT2D eigenvalue weighted by atomic mass is 10.1. The number of fused-ring (bicyclic) bond motifs is 1. The highest BCUT2D eigenvalue weighted by molar-refractivity contribution is 5.91. The second-order valence-electron chi connectivity index (χ2n) is 7.72. The van der Waals surface area contributed by atoms with E-state index in [9.17, 15) is 0 Å². The molecule has 3 aromatic heterocycles. The summed E-state index contributed by atoms with van der Waals surface area (Å²) in [7, 11) is 3.87. The number of rotatable bonds is 5. The second kappa shape index (κ2) is 7.24. The zero-order chi connectivity index (χ0) is 19.8. The third-order valence-corrected chi connectivity index (χ3v) is 5.63. The summed E-state index contributed by atoms with van der Waals surface area (Å²) in [4.78, 5) is 4.80. The highest BCUT2D eigenvalue weighted by Crippen LogP contribution is 2.31. The van der Waals surface area contributed by atoms with Gasteiger partial charge in [0, 0.05) is 37.8 Å². The Morgan fingerprint density at radius 1 is 1.00 bits per heavy atom. The van der Waals surface area contributed by atoms with Gasteiger partial charge < -0.3 is 10.6 Å². The average Bonchev–Trinajstić information content (AvgIpc) is 3.45. The molecule has 0 unspecified atom stereocenters. The zero-order valence-electron chi connectivity index (χ0n) is 16.8. The fourth-order valence-corrected chi connectivity index (χ4v) is 4.05. The van der Waals surface area contributed by atoms with Gasteiger partial charge in [-0.2, -0.15) is 10.2 Å². The van der Waals surface area contributed by atoms with E-state index in [2.05, 4.69) is 45.1 Å². The third kappa shape index (κ3) is 3.44. The standard InChI is InChI=1S/C22H25N7/c1-28-21(13-18(27-28)15-8-4-3-5-9-15)25-20-12-19(24-16-10-6-7-11-16)17-14-23-29(2)22(17)26-20/h3-5,8-9,12-14,16H,6-7,10-11H2,1-2H3,(H2,24,25,26). The monoisotopic (exact) mass is 387 g/mol. The Kier molecular flexibility index (Phi) is 4.42. The SMILES string of the molecule is Cn1nc(-c2ccccc2)cc1Nc1cc(NC2CCCC2)c2cnn(C)c2n1. The van der Waals surface area contributed by atoms with Crippen LogP contribution in [-0.2, 0) is 14.1 Å². The van der Waals surface area contributed by atoms with Gasteiger partial charge >= 0.3 is 0 Å². The van der Waals surface area contributed by atoms with E-state index in [4.69, 9.17) is 4.98 Å². The zero-order valence-corrected chi connectivity index (χ0v) is 16.8. The predicted molar refractivity (Wildman–Crippen MR) is 116 cm³/mol. The van der Waals surface area contributed by atoms with Gasteiger partial charge in [0.15, 0.2) is 5.65 Å². The summed E-state index contributed by atoms with van der Waals surface area (Å²) < 4.78 is 3.67. The lowest BCUT2D eigenvalue weighted by molar-refractivity contribution is 0.756. The van der Waals surface area contributed by atoms with Gasteiger partial charge in [-0.3, -0.25) is 9.36 Å². The molecular weight excluding hydrogens is 362 g/mol. The fraction of sp³-hybridized carbons (Fsp3) is 0.318. The molecule has 1 aromatic carbocycles. The number of pyridine rings is 1. The molecule has 0 spiro atoms. The largest absolute Gasteiger partial charge is 0.382 e. The van der Waals surface area contributed by atoms with Crippen LogP contribution in [0.25, 0.3) is 22.3 Å². The average molecular weight is 387 g/mol. The van der Waals surface area contributed by atoms with E-state index >= 15 is 0 Å². The van der Waals surface area contributed by atoms with Crippen LogP contribution < -0.4 is 10.6 Å². The van der Waals surface area contributed by atoms with Crippen LogP contribution in [-0.4, -0.2) is 30.6 Å². The molecule has 0 bridgehead atoms. The Bertz CT molecular complexity index is 1140. The van der Waals surface area contributed by atoms with Gasteiger partial charge in [0.1, 0.15) is 11.6 Å². The van der Waals surface area contributed by atoms with Crippen molar-refractivity contribution >= 4 is 28.4 Å². The van der Waals surface area contributed by atoms with Crippen LogP contribution in [0.4, 0.5) is 17.3 Å². The molecule has 1 saturated carbocycles. The Labute approximate surface area is 169 Å². The minimum Gasteiger partial charge on any atom is -0.382 e. The first-order chi connectivity index (χ1) is 14.2. The molecule has 7 heteroatoms. The number of benzene rings is 1. The molecule has 7 nitrogen and oxygen atoms in total. The third-order valence-electron chi connectivity index (χ3n) is 5.63. The first kappa shape index (κ1) is 17.7. The van der Waals surface area contributed by atoms with E-state index in [1.807, 2.05) is 47.9 Å². The van der Waals surface area contributed by atoms with E-state index in [1.54, 1.807) is 0 Å². The summed E-state index contributed by atoms with van der Waals surface area (Å²) in [6, 6.07) is 14.8. The summed E-state index contributed by atoms with van der Waals surface area (Å²) in [5.41, 5.74) is 3.97. The van der Waals surface area contributed by atoms with Gasteiger partial charge in [0.05, 0.1) is 23.0 Å². The highest BCUT2D eigenvalue weighted by atomic mass is 15.3. The predicted octanol–water partition coefficient (Wildman–Crippen LogP) is 4.47. The molecule has 4 aromatic rings. The molecule has 1 aliphatic carbocycles. The van der Waals surface area contributed by atoms with Crippen LogP contribution in [0, 0.1) is 0 Å². The van der Waals surface area contributed by atoms with Crippen molar-refractivity contribution in [3.63, 3.8) is 0 Å². The molecule has 5 rings (SSSR count). The van der Waals surface area contributed by atoms with Gasteiger partial charge in [-0.25, -0.2) is 4.98 Å². The van der Waals surface area contributed by atoms with E-state index in [0.29, 0.717) is 6.04 Å². The molecule has 148 valence electrons. The van der Waals surface area contributed by atoms with Crippen molar-refractivity contribution < 1.29 is 0 Å². The summed E-state index contributed by atoms with van der Waals surface area (Å²) in [6.45, 7) is 0. The van der Waals surface area contributed by atoms with Crippen LogP contribution in [0.2, 0.25) is 0 Å². The molecule has 1 fully saturated rings. The maximum Gasteiger partial charge on any atom is 0.161 e. The molecule has 0 aliphatic heterocycles. The van der Waals surface area contributed by atoms with Crippen molar-refractivity contribution in [2.45, 2.75) is 31.7 Å². The molecule has 0 saturated heterocycles. The van der Waals surface area contributed by atoms with Gasteiger partial charge in [0.25, 0.3) is 0 Å². The van der Waals surface area contributed by atoms with Crippen LogP contribution in [0.5, 0.6) is 0 Å². The lowest BCUT2D eigenvalue weighted by Crippen LogP contribution is -2.15. The van der Waals surface area contributed by atoms with Crippen LogP contribution in [0.3, 0.4) is 0 Å². The number of hydrogen-bond acceptors (Lipinski definition) is 5. The Morgan fingerprint density at radius 2 is 1.79 bits per heavy atom. The van der Waals surface area contributed by atoms with E-state index in [-0.39, 0.29) is 0 Å². The smallest absolute Gasteiger partial charge is 0.161 e. The van der Waals surface area contributed by atoms with Crippen molar-refractivity contribution in [2.75, 3.05) is 10.6 Å². The van der Waals surface area contributed by atoms with Gasteiger partial charge in [-0.05, 0) is 12.8 Å². The Morgan fingerprint density at radius 3 is 2.59 bits per heavy atom. The Hall–Kier alpha value is -3.35. The molecule has 2 N–H and O–H groups in total. The first-order valence-electron chi connectivity index (χ1n) is 10.1. The summed E-state index contributed by atoms with van der Waals surface area (Å²) in [5.74, 6) is 1.67. The van der Waals surface area contributed by atoms with Crippen LogP contribution in [0.15, 0.2) is 48.7 Å². The number of aromatic nitrogens is 5. The first-order valence-corrected chi connectivity index (χ1v) is 10.1. The quantitative estimate of drug-likeness (QED) is 0.529. The number of hydrogen-bond donors (Lipinski definition) is 2. The number of nitrogens with zero attached hydrogens (tertiary/aromatic N) is 5. The lowest BCUT2D eigenvalue weighted by Gasteiger charge is -2.16. The topological polar surface area (TPSA) is 72.6 Å². The summed E-state index contributed by atoms with van der Waals surface area (Å²) in [6.07, 6.45) is 6.91. The number of nitrogens with one attached hydrogen (secondary N) is 2. The fourth-order valence-electron chi connectivity index (χ4n) is 4.05. The molecule has 29 heavy (non-hydrogen) atoms. The molecule has 3 heterocycles. The van der Waals surface area contributed by atoms with Crippen molar-refractivity contribution in [1.29, 1.82) is 0 Å². The van der Waals surface area contributed by atoms with Gasteiger partial charge in [-0.1, -0.05) is 43.2 Å². The molecule has 0 radical (unpaired) electrons. The van der Waals surface area contributed by atoms with Crippen molar-refractivity contribution in [3.8, 4) is 11.3 Å². The van der Waals surface area contributed by atoms with E-state index in [0.717, 1.165) is 39.6 Å². The van der Waals surface area contributed by atoms with Crippen molar-refractivity contribution in [2.24, 2.45) is 14.1 Å². The number of anilines is 3. The van der Waals surface area contributed by atoms with Crippen LogP contribution in [0.1, 0.15) is 25.7 Å². The number of aryl methyl sites for hydroxylation is 2. The second-order valence-corrected chi connectivity index (χ2v) is 7.72. The maximum atomic E-state index is 4.80. The van der Waals surface area contributed by atoms with E-state index < -0.39 is 0 Å². The van der Waals surface area contributed by atoms with Crippen molar-refractivity contribution in [1.82, 2.24) is 24.5 Å².